The first kappa shape index (κ1) is 10.5. The van der Waals surface area contributed by atoms with Crippen LogP contribution in [0.1, 0.15) is 30.0 Å². The van der Waals surface area contributed by atoms with Crippen molar-refractivity contribution in [3.8, 4) is 10.6 Å². The number of rotatable bonds is 2. The Balaban J connectivity index is 2.00. The Morgan fingerprint density at radius 2 is 2.19 bits per heavy atom. The monoisotopic (exact) mass is 293 g/mol. The molecule has 0 unspecified atom stereocenters. The molecule has 0 N–H and O–H groups in total. The fourth-order valence-corrected chi connectivity index (χ4v) is 3.31. The van der Waals surface area contributed by atoms with Crippen LogP contribution >= 0.6 is 27.3 Å². The van der Waals surface area contributed by atoms with Crippen molar-refractivity contribution in [2.24, 2.45) is 0 Å². The summed E-state index contributed by atoms with van der Waals surface area (Å²) in [6, 6.07) is 6.38. The molecule has 16 heavy (non-hydrogen) atoms. The molecule has 1 saturated carbocycles. The summed E-state index contributed by atoms with van der Waals surface area (Å²) in [6.07, 6.45) is 2.64. The fraction of sp³-hybridized carbons (Fsp3) is 0.308. The molecule has 0 atom stereocenters. The highest BCUT2D eigenvalue weighted by Gasteiger charge is 2.26. The number of aryl methyl sites for hydroxylation is 1. The molecule has 1 fully saturated rings. The summed E-state index contributed by atoms with van der Waals surface area (Å²) >= 11 is 5.25. The van der Waals surface area contributed by atoms with Crippen LogP contribution in [-0.4, -0.2) is 4.98 Å². The van der Waals surface area contributed by atoms with Gasteiger partial charge in [0.15, 0.2) is 0 Å². The number of hydrogen-bond acceptors (Lipinski definition) is 2. The molecule has 3 rings (SSSR count). The summed E-state index contributed by atoms with van der Waals surface area (Å²) in [7, 11) is 0. The molecule has 0 radical (unpaired) electrons. The average molecular weight is 294 g/mol. The second-order valence-electron chi connectivity index (χ2n) is 4.31. The van der Waals surface area contributed by atoms with Crippen LogP contribution < -0.4 is 0 Å². The smallest absolute Gasteiger partial charge is 0.123 e. The van der Waals surface area contributed by atoms with E-state index in [1.165, 1.54) is 29.7 Å². The molecule has 1 aromatic heterocycles. The quantitative estimate of drug-likeness (QED) is 0.778. The van der Waals surface area contributed by atoms with Crippen molar-refractivity contribution >= 4 is 27.3 Å². The van der Waals surface area contributed by atoms with Gasteiger partial charge in [0.1, 0.15) is 5.01 Å². The van der Waals surface area contributed by atoms with Crippen molar-refractivity contribution in [1.82, 2.24) is 4.98 Å². The molecule has 2 aromatic rings. The van der Waals surface area contributed by atoms with Crippen LogP contribution in [0.25, 0.3) is 10.6 Å². The lowest BCUT2D eigenvalue weighted by Crippen LogP contribution is -1.84. The second-order valence-corrected chi connectivity index (χ2v) is 6.08. The molecule has 0 amide bonds. The minimum Gasteiger partial charge on any atom is -0.241 e. The van der Waals surface area contributed by atoms with Crippen molar-refractivity contribution < 1.29 is 0 Å². The molecule has 0 spiro atoms. The standard InChI is InChI=1S/C13H12BrNS/c1-8-6-10(14)4-5-11(8)13-15-12(7-16-13)9-2-3-9/h4-7,9H,2-3H2,1H3. The van der Waals surface area contributed by atoms with Gasteiger partial charge in [-0.15, -0.1) is 11.3 Å². The minimum atomic E-state index is 0.751. The topological polar surface area (TPSA) is 12.9 Å². The molecule has 0 bridgehead atoms. The molecule has 0 saturated heterocycles. The van der Waals surface area contributed by atoms with Gasteiger partial charge in [0.05, 0.1) is 5.69 Å². The Hall–Kier alpha value is -0.670. The molecule has 1 aliphatic rings. The fourth-order valence-electron chi connectivity index (χ4n) is 1.84. The van der Waals surface area contributed by atoms with Gasteiger partial charge in [0, 0.05) is 21.3 Å². The molecule has 1 aromatic carbocycles. The second kappa shape index (κ2) is 3.97. The third-order valence-electron chi connectivity index (χ3n) is 2.94. The van der Waals surface area contributed by atoms with Gasteiger partial charge in [-0.1, -0.05) is 22.0 Å². The molecule has 3 heteroatoms. The van der Waals surface area contributed by atoms with E-state index in [2.05, 4.69) is 46.4 Å². The van der Waals surface area contributed by atoms with Gasteiger partial charge in [-0.25, -0.2) is 4.98 Å². The highest BCUT2D eigenvalue weighted by molar-refractivity contribution is 9.10. The molecule has 1 aliphatic carbocycles. The van der Waals surface area contributed by atoms with Gasteiger partial charge >= 0.3 is 0 Å². The number of thiazole rings is 1. The van der Waals surface area contributed by atoms with Gasteiger partial charge < -0.3 is 0 Å². The lowest BCUT2D eigenvalue weighted by molar-refractivity contribution is 1.05. The van der Waals surface area contributed by atoms with Crippen molar-refractivity contribution in [3.05, 3.63) is 39.3 Å². The lowest BCUT2D eigenvalue weighted by atomic mass is 10.1. The first-order valence-electron chi connectivity index (χ1n) is 5.46. The van der Waals surface area contributed by atoms with Crippen molar-refractivity contribution in [2.45, 2.75) is 25.7 Å². The third-order valence-corrected chi connectivity index (χ3v) is 4.32. The molecule has 1 nitrogen and oxygen atoms in total. The SMILES string of the molecule is Cc1cc(Br)ccc1-c1nc(C2CC2)cs1. The number of hydrogen-bond donors (Lipinski definition) is 0. The van der Waals surface area contributed by atoms with E-state index in [1.54, 1.807) is 11.3 Å². The van der Waals surface area contributed by atoms with Gasteiger partial charge in [-0.2, -0.15) is 0 Å². The van der Waals surface area contributed by atoms with Crippen LogP contribution in [0.5, 0.6) is 0 Å². The zero-order chi connectivity index (χ0) is 11.1. The summed E-state index contributed by atoms with van der Waals surface area (Å²) in [5.41, 5.74) is 3.84. The lowest BCUT2D eigenvalue weighted by Gasteiger charge is -2.02. The normalized spacial score (nSPS) is 15.4. The Morgan fingerprint density at radius 1 is 1.38 bits per heavy atom. The van der Waals surface area contributed by atoms with Crippen LogP contribution in [0.3, 0.4) is 0 Å². The predicted octanol–water partition coefficient (Wildman–Crippen LogP) is 4.76. The number of benzene rings is 1. The van der Waals surface area contributed by atoms with Crippen molar-refractivity contribution in [3.63, 3.8) is 0 Å². The van der Waals surface area contributed by atoms with Crippen LogP contribution in [0.15, 0.2) is 28.1 Å². The Bertz CT molecular complexity index is 528. The van der Waals surface area contributed by atoms with E-state index in [0.717, 1.165) is 15.4 Å². The zero-order valence-corrected chi connectivity index (χ0v) is 11.4. The first-order valence-corrected chi connectivity index (χ1v) is 7.13. The van der Waals surface area contributed by atoms with Gasteiger partial charge in [0.2, 0.25) is 0 Å². The Morgan fingerprint density at radius 3 is 2.88 bits per heavy atom. The van der Waals surface area contributed by atoms with E-state index in [0.29, 0.717) is 0 Å². The maximum Gasteiger partial charge on any atom is 0.123 e. The summed E-state index contributed by atoms with van der Waals surface area (Å²) in [6.45, 7) is 2.14. The molecule has 1 heterocycles. The summed E-state index contributed by atoms with van der Waals surface area (Å²) in [5.74, 6) is 0.751. The first-order chi connectivity index (χ1) is 7.74. The third kappa shape index (κ3) is 1.94. The summed E-state index contributed by atoms with van der Waals surface area (Å²) < 4.78 is 1.13. The average Bonchev–Trinajstić information content (AvgIpc) is 2.98. The van der Waals surface area contributed by atoms with E-state index in [9.17, 15) is 0 Å². The summed E-state index contributed by atoms with van der Waals surface area (Å²) in [5, 5.41) is 3.38. The maximum atomic E-state index is 4.74. The van der Waals surface area contributed by atoms with E-state index >= 15 is 0 Å². The van der Waals surface area contributed by atoms with Gasteiger partial charge in [-0.3, -0.25) is 0 Å². The Kier molecular flexibility index (Phi) is 2.60. The number of nitrogens with zero attached hydrogens (tertiary/aromatic N) is 1. The molecule has 82 valence electrons. The number of aromatic nitrogens is 1. The van der Waals surface area contributed by atoms with Crippen molar-refractivity contribution in [1.29, 1.82) is 0 Å². The molecule has 0 aliphatic heterocycles. The van der Waals surface area contributed by atoms with E-state index in [1.807, 2.05) is 0 Å². The van der Waals surface area contributed by atoms with Gasteiger partial charge in [0.25, 0.3) is 0 Å². The van der Waals surface area contributed by atoms with E-state index in [4.69, 9.17) is 4.98 Å². The van der Waals surface area contributed by atoms with Crippen LogP contribution in [0.2, 0.25) is 0 Å². The maximum absolute atomic E-state index is 4.74. The van der Waals surface area contributed by atoms with Gasteiger partial charge in [-0.05, 0) is 37.5 Å². The predicted molar refractivity (Wildman–Crippen MR) is 72.0 cm³/mol. The zero-order valence-electron chi connectivity index (χ0n) is 9.03. The van der Waals surface area contributed by atoms with E-state index < -0.39 is 0 Å². The summed E-state index contributed by atoms with van der Waals surface area (Å²) in [4.78, 5) is 4.74. The highest BCUT2D eigenvalue weighted by Crippen LogP contribution is 2.41. The number of halogens is 1. The Labute approximate surface area is 108 Å². The van der Waals surface area contributed by atoms with Crippen molar-refractivity contribution in [2.75, 3.05) is 0 Å². The van der Waals surface area contributed by atoms with Crippen LogP contribution in [0, 0.1) is 6.92 Å². The van der Waals surface area contributed by atoms with E-state index in [-0.39, 0.29) is 0 Å². The minimum absolute atomic E-state index is 0.751. The molecular weight excluding hydrogens is 282 g/mol. The largest absolute Gasteiger partial charge is 0.241 e. The van der Waals surface area contributed by atoms with Crippen LogP contribution in [-0.2, 0) is 0 Å². The highest BCUT2D eigenvalue weighted by atomic mass is 79.9. The van der Waals surface area contributed by atoms with Crippen LogP contribution in [0.4, 0.5) is 0 Å². The molecular formula is C13H12BrNS.